The van der Waals surface area contributed by atoms with Crippen molar-refractivity contribution in [1.29, 1.82) is 0 Å². The lowest BCUT2D eigenvalue weighted by Crippen LogP contribution is -2.33. The number of hydrogen-bond acceptors (Lipinski definition) is 7. The Morgan fingerprint density at radius 1 is 1.30 bits per heavy atom. The maximum Gasteiger partial charge on any atom is 0.323 e. The second-order valence-electron chi connectivity index (χ2n) is 6.44. The van der Waals surface area contributed by atoms with Crippen LogP contribution < -0.4 is 4.74 Å². The molecule has 0 saturated carbocycles. The van der Waals surface area contributed by atoms with Crippen LogP contribution in [0.4, 0.5) is 10.5 Å². The highest BCUT2D eigenvalue weighted by atomic mass is 32.2. The van der Waals surface area contributed by atoms with Crippen molar-refractivity contribution in [1.82, 2.24) is 9.47 Å². The van der Waals surface area contributed by atoms with Crippen molar-refractivity contribution in [3.05, 3.63) is 56.2 Å². The van der Waals surface area contributed by atoms with Crippen LogP contribution in [0.3, 0.4) is 0 Å². The number of amides is 2. The van der Waals surface area contributed by atoms with E-state index in [1.807, 2.05) is 11.5 Å². The van der Waals surface area contributed by atoms with Gasteiger partial charge in [-0.25, -0.2) is 0 Å². The minimum Gasteiger partial charge on any atom is -0.494 e. The average Bonchev–Trinajstić information content (AvgIpc) is 3.10. The predicted molar refractivity (Wildman–Crippen MR) is 109 cm³/mol. The Kier molecular flexibility index (Phi) is 5.65. The summed E-state index contributed by atoms with van der Waals surface area (Å²) >= 11 is 0.677. The third-order valence-corrected chi connectivity index (χ3v) is 5.45. The molecule has 1 aliphatic heterocycles. The summed E-state index contributed by atoms with van der Waals surface area (Å²) in [4.78, 5) is 46.5. The van der Waals surface area contributed by atoms with Gasteiger partial charge in [0.1, 0.15) is 12.3 Å². The highest BCUT2D eigenvalue weighted by molar-refractivity contribution is 8.18. The number of aliphatic carboxylic acids is 1. The van der Waals surface area contributed by atoms with Gasteiger partial charge in [0.05, 0.1) is 28.7 Å². The lowest BCUT2D eigenvalue weighted by Gasteiger charge is -2.13. The number of benzene rings is 1. The second-order valence-corrected chi connectivity index (χ2v) is 7.43. The molecule has 30 heavy (non-hydrogen) atoms. The Morgan fingerprint density at radius 3 is 2.60 bits per heavy atom. The smallest absolute Gasteiger partial charge is 0.323 e. The van der Waals surface area contributed by atoms with Crippen LogP contribution in [0.15, 0.2) is 29.2 Å². The molecule has 0 radical (unpaired) electrons. The third kappa shape index (κ3) is 3.79. The van der Waals surface area contributed by atoms with Gasteiger partial charge in [-0.1, -0.05) is 0 Å². The Bertz CT molecular complexity index is 1120. The Labute approximate surface area is 174 Å². The first kappa shape index (κ1) is 21.1. The number of imide groups is 1. The predicted octanol–water partition coefficient (Wildman–Crippen LogP) is 3.13. The summed E-state index contributed by atoms with van der Waals surface area (Å²) in [5.74, 6) is -1.63. The number of hydrogen-bond donors (Lipinski definition) is 1. The molecule has 0 atom stereocenters. The maximum absolute atomic E-state index is 12.4. The monoisotopic (exact) mass is 431 g/mol. The number of ether oxygens (including phenoxy) is 1. The molecule has 1 saturated heterocycles. The molecular weight excluding hydrogens is 414 g/mol. The van der Waals surface area contributed by atoms with Crippen molar-refractivity contribution in [2.75, 3.05) is 13.7 Å². The molecule has 1 N–H and O–H groups in total. The first-order chi connectivity index (χ1) is 14.1. The van der Waals surface area contributed by atoms with Crippen LogP contribution in [0.5, 0.6) is 5.75 Å². The molecule has 10 nitrogen and oxygen atoms in total. The molecule has 3 rings (SSSR count). The molecule has 0 aliphatic carbocycles. The molecule has 1 aromatic carbocycles. The van der Waals surface area contributed by atoms with Crippen molar-refractivity contribution in [3.63, 3.8) is 0 Å². The summed E-state index contributed by atoms with van der Waals surface area (Å²) < 4.78 is 7.13. The number of rotatable bonds is 6. The molecule has 0 bridgehead atoms. The number of nitro groups is 1. The number of methoxy groups -OCH3 is 1. The van der Waals surface area contributed by atoms with E-state index in [1.54, 1.807) is 19.1 Å². The molecule has 11 heteroatoms. The number of aromatic nitrogens is 1. The van der Waals surface area contributed by atoms with Crippen LogP contribution >= 0.6 is 11.8 Å². The van der Waals surface area contributed by atoms with Gasteiger partial charge in [-0.3, -0.25) is 29.4 Å². The van der Waals surface area contributed by atoms with Crippen molar-refractivity contribution in [3.8, 4) is 11.4 Å². The number of non-ortho nitro benzene ring substituents is 1. The molecule has 156 valence electrons. The summed E-state index contributed by atoms with van der Waals surface area (Å²) in [5, 5.41) is 19.3. The van der Waals surface area contributed by atoms with E-state index in [2.05, 4.69) is 0 Å². The highest BCUT2D eigenvalue weighted by Crippen LogP contribution is 2.35. The van der Waals surface area contributed by atoms with Gasteiger partial charge < -0.3 is 14.4 Å². The van der Waals surface area contributed by atoms with Gasteiger partial charge in [-0.2, -0.15) is 0 Å². The first-order valence-electron chi connectivity index (χ1n) is 8.63. The van der Waals surface area contributed by atoms with Crippen LogP contribution in [0, 0.1) is 24.0 Å². The zero-order chi connectivity index (χ0) is 22.2. The number of carbonyl (C=O) groups excluding carboxylic acids is 2. The van der Waals surface area contributed by atoms with Gasteiger partial charge in [-0.15, -0.1) is 0 Å². The zero-order valence-electron chi connectivity index (χ0n) is 16.2. The number of carboxylic acid groups (broad SMARTS) is 1. The van der Waals surface area contributed by atoms with Gasteiger partial charge in [0.25, 0.3) is 16.8 Å². The summed E-state index contributed by atoms with van der Waals surface area (Å²) in [5.41, 5.74) is 2.61. The second kappa shape index (κ2) is 8.03. The summed E-state index contributed by atoms with van der Waals surface area (Å²) in [7, 11) is 1.41. The maximum atomic E-state index is 12.4. The normalized spacial score (nSPS) is 15.2. The molecule has 1 aromatic heterocycles. The van der Waals surface area contributed by atoms with Crippen LogP contribution in [0.1, 0.15) is 17.0 Å². The minimum atomic E-state index is -1.28. The fourth-order valence-electron chi connectivity index (χ4n) is 3.18. The van der Waals surface area contributed by atoms with Gasteiger partial charge in [-0.05, 0) is 49.4 Å². The lowest BCUT2D eigenvalue weighted by molar-refractivity contribution is -0.384. The summed E-state index contributed by atoms with van der Waals surface area (Å²) in [6, 6.07) is 6.06. The van der Waals surface area contributed by atoms with Crippen LogP contribution in [0.2, 0.25) is 0 Å². The number of nitro benzene ring substituents is 1. The molecule has 0 spiro atoms. The van der Waals surface area contributed by atoms with Crippen molar-refractivity contribution in [2.24, 2.45) is 0 Å². The molecule has 2 aromatic rings. The molecule has 2 amide bonds. The van der Waals surface area contributed by atoms with E-state index in [4.69, 9.17) is 9.84 Å². The van der Waals surface area contributed by atoms with E-state index in [1.165, 1.54) is 25.3 Å². The lowest BCUT2D eigenvalue weighted by atomic mass is 10.2. The van der Waals surface area contributed by atoms with Gasteiger partial charge in [0.2, 0.25) is 0 Å². The zero-order valence-corrected chi connectivity index (χ0v) is 17.1. The molecular formula is C19H17N3O7S. The quantitative estimate of drug-likeness (QED) is 0.419. The Morgan fingerprint density at radius 2 is 2.00 bits per heavy atom. The third-order valence-electron chi connectivity index (χ3n) is 4.54. The Hall–Kier alpha value is -3.60. The molecule has 0 unspecified atom stereocenters. The first-order valence-corrected chi connectivity index (χ1v) is 9.44. The summed E-state index contributed by atoms with van der Waals surface area (Å²) in [6.45, 7) is 2.92. The van der Waals surface area contributed by atoms with Crippen LogP contribution in [0.25, 0.3) is 11.8 Å². The SMILES string of the molecule is COc1cc([N+](=O)[O-])ccc1-n1c(C)cc(/C=C2/SC(=O)N(CC(=O)O)C2=O)c1C. The van der Waals surface area contributed by atoms with Crippen molar-refractivity contribution in [2.45, 2.75) is 13.8 Å². The standard InChI is InChI=1S/C19H17N3O7S/c1-10-6-12(7-16-18(25)20(9-17(23)24)19(26)30-16)11(2)21(10)14-5-4-13(22(27)28)8-15(14)29-3/h4-8H,9H2,1-3H3,(H,23,24)/b16-7+. The van der Waals surface area contributed by atoms with Gasteiger partial charge >= 0.3 is 5.97 Å². The van der Waals surface area contributed by atoms with Crippen LogP contribution in [-0.2, 0) is 9.59 Å². The van der Waals surface area contributed by atoms with Crippen molar-refractivity contribution < 1.29 is 29.2 Å². The number of nitrogens with zero attached hydrogens (tertiary/aromatic N) is 3. The molecule has 1 aliphatic rings. The highest BCUT2D eigenvalue weighted by Gasteiger charge is 2.36. The van der Waals surface area contributed by atoms with E-state index >= 15 is 0 Å². The van der Waals surface area contributed by atoms with Gasteiger partial charge in [0, 0.05) is 17.5 Å². The number of carboxylic acids is 1. The van der Waals surface area contributed by atoms with E-state index in [0.717, 1.165) is 5.69 Å². The molecule has 2 heterocycles. The Balaban J connectivity index is 2.03. The van der Waals surface area contributed by atoms with Crippen molar-refractivity contribution >= 4 is 40.6 Å². The largest absolute Gasteiger partial charge is 0.494 e. The number of thioether (sulfide) groups is 1. The fraction of sp³-hybridized carbons (Fsp3) is 0.211. The number of aryl methyl sites for hydroxylation is 1. The fourth-order valence-corrected chi connectivity index (χ4v) is 4.01. The van der Waals surface area contributed by atoms with Crippen LogP contribution in [-0.4, -0.2) is 50.3 Å². The van der Waals surface area contributed by atoms with E-state index in [9.17, 15) is 24.5 Å². The van der Waals surface area contributed by atoms with E-state index in [-0.39, 0.29) is 10.6 Å². The van der Waals surface area contributed by atoms with E-state index < -0.39 is 28.6 Å². The average molecular weight is 431 g/mol. The number of carbonyl (C=O) groups is 3. The summed E-state index contributed by atoms with van der Waals surface area (Å²) in [6.07, 6.45) is 1.53. The topological polar surface area (TPSA) is 132 Å². The molecule has 1 fully saturated rings. The van der Waals surface area contributed by atoms with Gasteiger partial charge in [0.15, 0.2) is 0 Å². The van der Waals surface area contributed by atoms with E-state index in [0.29, 0.717) is 39.4 Å². The minimum absolute atomic E-state index is 0.106.